The minimum atomic E-state index is -0.150. The SMILES string of the molecule is CC1CCCCC1NC(=O)Nc1ccc2c(c1)OCO2. The molecule has 2 N–H and O–H groups in total. The number of anilines is 1. The fourth-order valence-corrected chi connectivity index (χ4v) is 2.84. The monoisotopic (exact) mass is 276 g/mol. The number of ether oxygens (including phenoxy) is 2. The molecule has 1 fully saturated rings. The molecule has 2 unspecified atom stereocenters. The summed E-state index contributed by atoms with van der Waals surface area (Å²) in [5.41, 5.74) is 0.718. The average Bonchev–Trinajstić information content (AvgIpc) is 2.89. The molecule has 3 rings (SSSR count). The quantitative estimate of drug-likeness (QED) is 0.872. The number of urea groups is 1. The van der Waals surface area contributed by atoms with Crippen LogP contribution in [0.15, 0.2) is 18.2 Å². The van der Waals surface area contributed by atoms with Gasteiger partial charge in [-0.3, -0.25) is 0 Å². The summed E-state index contributed by atoms with van der Waals surface area (Å²) in [4.78, 5) is 12.0. The molecule has 5 heteroatoms. The predicted molar refractivity (Wildman–Crippen MR) is 76.1 cm³/mol. The summed E-state index contributed by atoms with van der Waals surface area (Å²) in [6.45, 7) is 2.44. The van der Waals surface area contributed by atoms with Crippen LogP contribution in [0.4, 0.5) is 10.5 Å². The molecular formula is C15H20N2O3. The number of hydrogen-bond donors (Lipinski definition) is 2. The Morgan fingerprint density at radius 2 is 2.00 bits per heavy atom. The molecule has 5 nitrogen and oxygen atoms in total. The van der Waals surface area contributed by atoms with Crippen molar-refractivity contribution in [1.29, 1.82) is 0 Å². The molecular weight excluding hydrogens is 256 g/mol. The van der Waals surface area contributed by atoms with E-state index in [2.05, 4.69) is 17.6 Å². The number of rotatable bonds is 2. The number of carbonyl (C=O) groups excluding carboxylic acids is 1. The fraction of sp³-hybridized carbons (Fsp3) is 0.533. The molecule has 1 aliphatic carbocycles. The van der Waals surface area contributed by atoms with Gasteiger partial charge in [0.25, 0.3) is 0 Å². The molecule has 108 valence electrons. The van der Waals surface area contributed by atoms with Gasteiger partial charge in [0.2, 0.25) is 6.79 Å². The number of amides is 2. The van der Waals surface area contributed by atoms with E-state index < -0.39 is 0 Å². The number of nitrogens with one attached hydrogen (secondary N) is 2. The highest BCUT2D eigenvalue weighted by atomic mass is 16.7. The third-order valence-electron chi connectivity index (χ3n) is 4.06. The van der Waals surface area contributed by atoms with E-state index in [1.54, 1.807) is 12.1 Å². The summed E-state index contributed by atoms with van der Waals surface area (Å²) in [5, 5.41) is 5.92. The summed E-state index contributed by atoms with van der Waals surface area (Å²) in [5.74, 6) is 1.94. The van der Waals surface area contributed by atoms with Gasteiger partial charge in [-0.05, 0) is 30.9 Å². The van der Waals surface area contributed by atoms with E-state index in [0.717, 1.165) is 17.9 Å². The highest BCUT2D eigenvalue weighted by Gasteiger charge is 2.23. The molecule has 2 aliphatic rings. The second-order valence-electron chi connectivity index (χ2n) is 5.53. The fourth-order valence-electron chi connectivity index (χ4n) is 2.84. The van der Waals surface area contributed by atoms with Crippen molar-refractivity contribution in [3.05, 3.63) is 18.2 Å². The lowest BCUT2D eigenvalue weighted by atomic mass is 9.86. The molecule has 1 aromatic rings. The van der Waals surface area contributed by atoms with Crippen LogP contribution in [0.3, 0.4) is 0 Å². The van der Waals surface area contributed by atoms with Gasteiger partial charge in [0.15, 0.2) is 11.5 Å². The molecule has 0 radical (unpaired) electrons. The number of carbonyl (C=O) groups is 1. The normalized spacial score (nSPS) is 24.2. The van der Waals surface area contributed by atoms with Crippen LogP contribution in [0.25, 0.3) is 0 Å². The Morgan fingerprint density at radius 1 is 1.20 bits per heavy atom. The van der Waals surface area contributed by atoms with Crippen molar-refractivity contribution in [2.45, 2.75) is 38.6 Å². The third-order valence-corrected chi connectivity index (χ3v) is 4.06. The van der Waals surface area contributed by atoms with Crippen LogP contribution in [-0.4, -0.2) is 18.9 Å². The van der Waals surface area contributed by atoms with Gasteiger partial charge in [0.05, 0.1) is 0 Å². The molecule has 0 bridgehead atoms. The van der Waals surface area contributed by atoms with Crippen LogP contribution in [0.1, 0.15) is 32.6 Å². The summed E-state index contributed by atoms with van der Waals surface area (Å²) >= 11 is 0. The van der Waals surface area contributed by atoms with Gasteiger partial charge in [0.1, 0.15) is 0 Å². The van der Waals surface area contributed by atoms with Gasteiger partial charge in [-0.2, -0.15) is 0 Å². The van der Waals surface area contributed by atoms with Gasteiger partial charge in [-0.15, -0.1) is 0 Å². The van der Waals surface area contributed by atoms with Crippen LogP contribution in [0, 0.1) is 5.92 Å². The standard InChI is InChI=1S/C15H20N2O3/c1-10-4-2-3-5-12(10)17-15(18)16-11-6-7-13-14(8-11)20-9-19-13/h6-8,10,12H,2-5,9H2,1H3,(H2,16,17,18). The first kappa shape index (κ1) is 13.1. The highest BCUT2D eigenvalue weighted by Crippen LogP contribution is 2.34. The Morgan fingerprint density at radius 3 is 2.85 bits per heavy atom. The zero-order valence-corrected chi connectivity index (χ0v) is 11.6. The maximum Gasteiger partial charge on any atom is 0.319 e. The molecule has 2 amide bonds. The second kappa shape index (κ2) is 5.61. The summed E-state index contributed by atoms with van der Waals surface area (Å²) in [6, 6.07) is 5.53. The van der Waals surface area contributed by atoms with Crippen molar-refractivity contribution in [2.24, 2.45) is 5.92 Å². The van der Waals surface area contributed by atoms with E-state index in [4.69, 9.17) is 9.47 Å². The van der Waals surface area contributed by atoms with Crippen molar-refractivity contribution >= 4 is 11.7 Å². The molecule has 20 heavy (non-hydrogen) atoms. The molecule has 0 saturated heterocycles. The van der Waals surface area contributed by atoms with Crippen LogP contribution >= 0.6 is 0 Å². The van der Waals surface area contributed by atoms with Crippen molar-refractivity contribution in [1.82, 2.24) is 5.32 Å². The van der Waals surface area contributed by atoms with Crippen molar-refractivity contribution in [3.63, 3.8) is 0 Å². The van der Waals surface area contributed by atoms with Crippen molar-refractivity contribution in [2.75, 3.05) is 12.1 Å². The first-order valence-electron chi connectivity index (χ1n) is 7.19. The lowest BCUT2D eigenvalue weighted by molar-refractivity contribution is 0.174. The van der Waals surface area contributed by atoms with Gasteiger partial charge in [-0.1, -0.05) is 19.8 Å². The first-order valence-corrected chi connectivity index (χ1v) is 7.19. The van der Waals surface area contributed by atoms with Crippen LogP contribution in [-0.2, 0) is 0 Å². The number of fused-ring (bicyclic) bond motifs is 1. The van der Waals surface area contributed by atoms with E-state index in [9.17, 15) is 4.79 Å². The third kappa shape index (κ3) is 2.81. The highest BCUT2D eigenvalue weighted by molar-refractivity contribution is 5.89. The first-order chi connectivity index (χ1) is 9.72. The molecule has 0 aromatic heterocycles. The zero-order chi connectivity index (χ0) is 13.9. The van der Waals surface area contributed by atoms with Gasteiger partial charge in [-0.25, -0.2) is 4.79 Å². The zero-order valence-electron chi connectivity index (χ0n) is 11.6. The molecule has 1 aliphatic heterocycles. The summed E-state index contributed by atoms with van der Waals surface area (Å²) < 4.78 is 10.5. The minimum Gasteiger partial charge on any atom is -0.454 e. The molecule has 1 aromatic carbocycles. The van der Waals surface area contributed by atoms with Crippen LogP contribution < -0.4 is 20.1 Å². The lowest BCUT2D eigenvalue weighted by Gasteiger charge is -2.29. The van der Waals surface area contributed by atoms with Gasteiger partial charge >= 0.3 is 6.03 Å². The van der Waals surface area contributed by atoms with Crippen molar-refractivity contribution < 1.29 is 14.3 Å². The topological polar surface area (TPSA) is 59.6 Å². The molecule has 1 saturated carbocycles. The number of hydrogen-bond acceptors (Lipinski definition) is 3. The Balaban J connectivity index is 1.58. The van der Waals surface area contributed by atoms with Crippen LogP contribution in [0.5, 0.6) is 11.5 Å². The molecule has 2 atom stereocenters. The largest absolute Gasteiger partial charge is 0.454 e. The minimum absolute atomic E-state index is 0.150. The van der Waals surface area contributed by atoms with Gasteiger partial charge in [0, 0.05) is 17.8 Å². The average molecular weight is 276 g/mol. The lowest BCUT2D eigenvalue weighted by Crippen LogP contribution is -2.43. The smallest absolute Gasteiger partial charge is 0.319 e. The molecule has 0 spiro atoms. The second-order valence-corrected chi connectivity index (χ2v) is 5.53. The van der Waals surface area contributed by atoms with E-state index in [1.165, 1.54) is 19.3 Å². The molecule has 1 heterocycles. The van der Waals surface area contributed by atoms with E-state index in [0.29, 0.717) is 11.7 Å². The van der Waals surface area contributed by atoms with Gasteiger partial charge < -0.3 is 20.1 Å². The number of benzene rings is 1. The Hall–Kier alpha value is -1.91. The van der Waals surface area contributed by atoms with Crippen LogP contribution in [0.2, 0.25) is 0 Å². The maximum atomic E-state index is 12.0. The van der Waals surface area contributed by atoms with Crippen molar-refractivity contribution in [3.8, 4) is 11.5 Å². The summed E-state index contributed by atoms with van der Waals surface area (Å²) in [6.07, 6.45) is 4.72. The Labute approximate surface area is 118 Å². The summed E-state index contributed by atoms with van der Waals surface area (Å²) in [7, 11) is 0. The Bertz CT molecular complexity index is 504. The van der Waals surface area contributed by atoms with E-state index in [-0.39, 0.29) is 18.9 Å². The Kier molecular flexibility index (Phi) is 3.67. The van der Waals surface area contributed by atoms with E-state index in [1.807, 2.05) is 6.07 Å². The predicted octanol–water partition coefficient (Wildman–Crippen LogP) is 3.12. The van der Waals surface area contributed by atoms with E-state index >= 15 is 0 Å². The maximum absolute atomic E-state index is 12.0.